The predicted molar refractivity (Wildman–Crippen MR) is 85.2 cm³/mol. The molecule has 1 heterocycles. The van der Waals surface area contributed by atoms with Crippen LogP contribution in [0.15, 0.2) is 35.1 Å². The fourth-order valence-electron chi connectivity index (χ4n) is 1.97. The highest BCUT2D eigenvalue weighted by Crippen LogP contribution is 2.20. The number of hydrogen-bond acceptors (Lipinski definition) is 5. The first kappa shape index (κ1) is 19.2. The monoisotopic (exact) mass is 369 g/mol. The average molecular weight is 369 g/mol. The number of nitrogens with zero attached hydrogens (tertiary/aromatic N) is 2. The molecule has 0 aliphatic heterocycles. The van der Waals surface area contributed by atoms with Gasteiger partial charge in [0.05, 0.1) is 18.0 Å². The number of benzene rings is 1. The smallest absolute Gasteiger partial charge is 0.461 e. The Labute approximate surface area is 145 Å². The lowest BCUT2D eigenvalue weighted by Gasteiger charge is -2.13. The molecule has 0 aliphatic rings. The number of nitrogens with one attached hydrogen (secondary N) is 1. The third kappa shape index (κ3) is 4.26. The molecule has 1 aromatic heterocycles. The highest BCUT2D eigenvalue weighted by atomic mass is 19.4. The van der Waals surface area contributed by atoms with E-state index in [-0.39, 0.29) is 6.61 Å². The molecule has 1 amide bonds. The lowest BCUT2D eigenvalue weighted by Crippen LogP contribution is -2.33. The van der Waals surface area contributed by atoms with Gasteiger partial charge in [0.15, 0.2) is 5.69 Å². The summed E-state index contributed by atoms with van der Waals surface area (Å²) in [5.41, 5.74) is -0.940. The van der Waals surface area contributed by atoms with Crippen LogP contribution in [0.1, 0.15) is 23.0 Å². The van der Waals surface area contributed by atoms with Crippen LogP contribution in [0.2, 0.25) is 0 Å². The van der Waals surface area contributed by atoms with Crippen molar-refractivity contribution in [3.8, 4) is 5.69 Å². The van der Waals surface area contributed by atoms with Gasteiger partial charge in [0.1, 0.15) is 0 Å². The van der Waals surface area contributed by atoms with Crippen molar-refractivity contribution in [1.29, 1.82) is 0 Å². The van der Waals surface area contributed by atoms with Crippen molar-refractivity contribution >= 4 is 17.6 Å². The Balaban J connectivity index is 2.56. The van der Waals surface area contributed by atoms with Gasteiger partial charge < -0.3 is 10.1 Å². The second-order valence-electron chi connectivity index (χ2n) is 5.16. The Morgan fingerprint density at radius 3 is 2.38 bits per heavy atom. The average Bonchev–Trinajstić information content (AvgIpc) is 2.55. The summed E-state index contributed by atoms with van der Waals surface area (Å²) in [5, 5.41) is 5.25. The number of ether oxygens (including phenoxy) is 1. The number of carbonyl (C=O) groups is 2. The normalized spacial score (nSPS) is 11.1. The number of alkyl halides is 3. The first-order valence-corrected chi connectivity index (χ1v) is 7.40. The van der Waals surface area contributed by atoms with Crippen molar-refractivity contribution in [2.75, 3.05) is 11.9 Å². The minimum atomic E-state index is -5.20. The van der Waals surface area contributed by atoms with E-state index in [1.807, 2.05) is 6.92 Å². The van der Waals surface area contributed by atoms with E-state index < -0.39 is 35.0 Å². The molecule has 1 N–H and O–H groups in total. The number of anilines is 1. The molecule has 7 nitrogen and oxygen atoms in total. The lowest BCUT2D eigenvalue weighted by atomic mass is 10.2. The van der Waals surface area contributed by atoms with E-state index in [1.54, 1.807) is 24.3 Å². The summed E-state index contributed by atoms with van der Waals surface area (Å²) in [6, 6.07) is 7.15. The van der Waals surface area contributed by atoms with Crippen LogP contribution in [-0.4, -0.2) is 34.4 Å². The minimum Gasteiger partial charge on any atom is -0.461 e. The first-order valence-electron chi connectivity index (χ1n) is 7.40. The van der Waals surface area contributed by atoms with Gasteiger partial charge in [-0.3, -0.25) is 9.59 Å². The molecule has 10 heteroatoms. The molecule has 26 heavy (non-hydrogen) atoms. The second kappa shape index (κ2) is 7.38. The van der Waals surface area contributed by atoms with E-state index in [0.717, 1.165) is 10.2 Å². The molecule has 0 saturated heterocycles. The molecule has 0 bridgehead atoms. The van der Waals surface area contributed by atoms with Gasteiger partial charge in [-0.2, -0.15) is 23.0 Å². The SMILES string of the molecule is CCOC(=O)c1nn(-c2ccc(C)cc2)c(=O)cc1NC(=O)C(F)(F)F. The van der Waals surface area contributed by atoms with E-state index in [1.165, 1.54) is 12.2 Å². The summed E-state index contributed by atoms with van der Waals surface area (Å²) in [5.74, 6) is -3.41. The number of carbonyl (C=O) groups excluding carboxylic acids is 2. The van der Waals surface area contributed by atoms with Gasteiger partial charge in [-0.15, -0.1) is 0 Å². The van der Waals surface area contributed by atoms with Crippen molar-refractivity contribution in [2.24, 2.45) is 0 Å². The van der Waals surface area contributed by atoms with Crippen LogP contribution in [0.25, 0.3) is 5.69 Å². The maximum Gasteiger partial charge on any atom is 0.471 e. The van der Waals surface area contributed by atoms with Crippen molar-refractivity contribution in [2.45, 2.75) is 20.0 Å². The molecular weight excluding hydrogens is 355 g/mol. The number of aryl methyl sites for hydroxylation is 1. The summed E-state index contributed by atoms with van der Waals surface area (Å²) in [4.78, 5) is 35.4. The van der Waals surface area contributed by atoms with Gasteiger partial charge in [-0.25, -0.2) is 4.79 Å². The zero-order valence-electron chi connectivity index (χ0n) is 13.8. The standard InChI is InChI=1S/C16H14F3N3O4/c1-3-26-14(24)13-11(20-15(25)16(17,18)19)8-12(23)22(21-13)10-6-4-9(2)5-7-10/h4-8H,3H2,1-2H3,(H,20,25). The Hall–Kier alpha value is -3.17. The third-order valence-corrected chi connectivity index (χ3v) is 3.18. The summed E-state index contributed by atoms with van der Waals surface area (Å²) in [6.45, 7) is 3.23. The van der Waals surface area contributed by atoms with E-state index in [9.17, 15) is 27.6 Å². The van der Waals surface area contributed by atoms with Crippen molar-refractivity contribution in [1.82, 2.24) is 9.78 Å². The van der Waals surface area contributed by atoms with E-state index in [2.05, 4.69) is 5.10 Å². The molecule has 0 saturated carbocycles. The summed E-state index contributed by atoms with van der Waals surface area (Å²) < 4.78 is 43.0. The zero-order chi connectivity index (χ0) is 19.5. The van der Waals surface area contributed by atoms with E-state index in [0.29, 0.717) is 11.8 Å². The van der Waals surface area contributed by atoms with Crippen LogP contribution in [-0.2, 0) is 9.53 Å². The molecule has 0 fully saturated rings. The van der Waals surface area contributed by atoms with Gasteiger partial charge in [0.2, 0.25) is 0 Å². The lowest BCUT2D eigenvalue weighted by molar-refractivity contribution is -0.167. The van der Waals surface area contributed by atoms with Gasteiger partial charge in [-0.05, 0) is 26.0 Å². The maximum absolute atomic E-state index is 12.5. The predicted octanol–water partition coefficient (Wildman–Crippen LogP) is 2.22. The van der Waals surface area contributed by atoms with E-state index in [4.69, 9.17) is 4.74 Å². The van der Waals surface area contributed by atoms with Crippen LogP contribution >= 0.6 is 0 Å². The van der Waals surface area contributed by atoms with Crippen LogP contribution in [0.4, 0.5) is 18.9 Å². The topological polar surface area (TPSA) is 90.3 Å². The fraction of sp³-hybridized carbons (Fsp3) is 0.250. The number of halogens is 3. The van der Waals surface area contributed by atoms with Crippen LogP contribution in [0.5, 0.6) is 0 Å². The number of hydrogen-bond donors (Lipinski definition) is 1. The summed E-state index contributed by atoms with van der Waals surface area (Å²) >= 11 is 0. The molecule has 0 spiro atoms. The summed E-state index contributed by atoms with van der Waals surface area (Å²) in [7, 11) is 0. The van der Waals surface area contributed by atoms with Crippen molar-refractivity contribution in [3.63, 3.8) is 0 Å². The number of aromatic nitrogens is 2. The maximum atomic E-state index is 12.5. The molecular formula is C16H14F3N3O4. The number of rotatable bonds is 4. The van der Waals surface area contributed by atoms with Crippen molar-refractivity contribution in [3.05, 3.63) is 51.9 Å². The van der Waals surface area contributed by atoms with Gasteiger partial charge in [0, 0.05) is 6.07 Å². The van der Waals surface area contributed by atoms with Crippen LogP contribution in [0, 0.1) is 6.92 Å². The number of esters is 1. The molecule has 1 aromatic carbocycles. The summed E-state index contributed by atoms with van der Waals surface area (Å²) in [6.07, 6.45) is -5.20. The molecule has 0 atom stereocenters. The van der Waals surface area contributed by atoms with Crippen LogP contribution in [0.3, 0.4) is 0 Å². The minimum absolute atomic E-state index is 0.0726. The molecule has 138 valence electrons. The second-order valence-corrected chi connectivity index (χ2v) is 5.16. The Kier molecular flexibility index (Phi) is 5.44. The molecule has 0 aliphatic carbocycles. The molecule has 0 unspecified atom stereocenters. The van der Waals surface area contributed by atoms with Gasteiger partial charge in [0.25, 0.3) is 5.56 Å². The fourth-order valence-corrected chi connectivity index (χ4v) is 1.97. The highest BCUT2D eigenvalue weighted by molar-refractivity contribution is 6.01. The first-order chi connectivity index (χ1) is 12.1. The van der Waals surface area contributed by atoms with Crippen molar-refractivity contribution < 1.29 is 27.5 Å². The third-order valence-electron chi connectivity index (χ3n) is 3.18. The Bertz CT molecular complexity index is 889. The Morgan fingerprint density at radius 2 is 1.85 bits per heavy atom. The quantitative estimate of drug-likeness (QED) is 0.835. The zero-order valence-corrected chi connectivity index (χ0v) is 13.8. The molecule has 2 rings (SSSR count). The van der Waals surface area contributed by atoms with Gasteiger partial charge >= 0.3 is 18.1 Å². The van der Waals surface area contributed by atoms with E-state index >= 15 is 0 Å². The number of amides is 1. The van der Waals surface area contributed by atoms with Gasteiger partial charge in [-0.1, -0.05) is 17.7 Å². The highest BCUT2D eigenvalue weighted by Gasteiger charge is 2.39. The largest absolute Gasteiger partial charge is 0.471 e. The molecule has 0 radical (unpaired) electrons. The Morgan fingerprint density at radius 1 is 1.23 bits per heavy atom. The molecule has 2 aromatic rings. The van der Waals surface area contributed by atoms with Crippen LogP contribution < -0.4 is 10.9 Å².